The van der Waals surface area contributed by atoms with E-state index in [2.05, 4.69) is 35.0 Å². The molecule has 1 N–H and O–H groups in total. The fourth-order valence-electron chi connectivity index (χ4n) is 3.32. The number of nitrogens with zero attached hydrogens (tertiary/aromatic N) is 2. The van der Waals surface area contributed by atoms with E-state index in [9.17, 15) is 4.79 Å². The Morgan fingerprint density at radius 1 is 1.11 bits per heavy atom. The van der Waals surface area contributed by atoms with Crippen LogP contribution in [0.25, 0.3) is 11.0 Å². The first-order chi connectivity index (χ1) is 13.2. The van der Waals surface area contributed by atoms with Crippen LogP contribution < -0.4 is 10.1 Å². The van der Waals surface area contributed by atoms with Crippen LogP contribution in [0.4, 0.5) is 0 Å². The highest BCUT2D eigenvalue weighted by molar-refractivity contribution is 5.94. The maximum atomic E-state index is 12.2. The molecule has 2 aromatic carbocycles. The third kappa shape index (κ3) is 4.67. The molecule has 0 unspecified atom stereocenters. The molecule has 1 heterocycles. The van der Waals surface area contributed by atoms with E-state index in [1.54, 1.807) is 19.2 Å². The lowest BCUT2D eigenvalue weighted by molar-refractivity contribution is 0.0952. The number of amides is 1. The van der Waals surface area contributed by atoms with Crippen LogP contribution >= 0.6 is 0 Å². The SMILES string of the molecule is CCn1c(CCCCCNC(=O)c2cccc(OC)c2)nc2ccccc21. The molecule has 0 saturated heterocycles. The van der Waals surface area contributed by atoms with E-state index in [0.29, 0.717) is 17.9 Å². The minimum atomic E-state index is -0.0540. The lowest BCUT2D eigenvalue weighted by Crippen LogP contribution is -2.24. The lowest BCUT2D eigenvalue weighted by atomic mass is 10.1. The summed E-state index contributed by atoms with van der Waals surface area (Å²) in [7, 11) is 1.60. The van der Waals surface area contributed by atoms with Gasteiger partial charge in [-0.2, -0.15) is 0 Å². The van der Waals surface area contributed by atoms with Crippen molar-refractivity contribution in [1.29, 1.82) is 0 Å². The van der Waals surface area contributed by atoms with Crippen LogP contribution in [0.5, 0.6) is 5.75 Å². The van der Waals surface area contributed by atoms with Crippen LogP contribution in [-0.2, 0) is 13.0 Å². The van der Waals surface area contributed by atoms with Crippen molar-refractivity contribution in [2.75, 3.05) is 13.7 Å². The fraction of sp³-hybridized carbons (Fsp3) is 0.364. The summed E-state index contributed by atoms with van der Waals surface area (Å²) in [5.41, 5.74) is 2.91. The van der Waals surface area contributed by atoms with Crippen molar-refractivity contribution in [3.8, 4) is 5.75 Å². The summed E-state index contributed by atoms with van der Waals surface area (Å²) in [4.78, 5) is 16.9. The molecule has 1 amide bonds. The average molecular weight is 365 g/mol. The predicted molar refractivity (Wildman–Crippen MR) is 108 cm³/mol. The number of ether oxygens (including phenoxy) is 1. The Morgan fingerprint density at radius 3 is 2.78 bits per heavy atom. The quantitative estimate of drug-likeness (QED) is 0.578. The third-order valence-electron chi connectivity index (χ3n) is 4.74. The summed E-state index contributed by atoms with van der Waals surface area (Å²) in [5, 5.41) is 2.98. The van der Waals surface area contributed by atoms with Gasteiger partial charge < -0.3 is 14.6 Å². The second kappa shape index (κ2) is 9.21. The Kier molecular flexibility index (Phi) is 6.47. The second-order valence-electron chi connectivity index (χ2n) is 6.56. The number of carbonyl (C=O) groups is 1. The molecule has 0 radical (unpaired) electrons. The molecule has 0 aliphatic rings. The van der Waals surface area contributed by atoms with E-state index < -0.39 is 0 Å². The minimum absolute atomic E-state index is 0.0540. The van der Waals surface area contributed by atoms with E-state index >= 15 is 0 Å². The van der Waals surface area contributed by atoms with Gasteiger partial charge in [0.1, 0.15) is 11.6 Å². The molecule has 3 aromatic rings. The number of hydrogen-bond donors (Lipinski definition) is 1. The summed E-state index contributed by atoms with van der Waals surface area (Å²) < 4.78 is 7.45. The Hall–Kier alpha value is -2.82. The number of nitrogens with one attached hydrogen (secondary N) is 1. The van der Waals surface area contributed by atoms with Gasteiger partial charge in [-0.1, -0.05) is 24.6 Å². The molecule has 1 aromatic heterocycles. The van der Waals surface area contributed by atoms with Crippen molar-refractivity contribution in [3.63, 3.8) is 0 Å². The summed E-state index contributed by atoms with van der Waals surface area (Å²) in [6.07, 6.45) is 4.05. The summed E-state index contributed by atoms with van der Waals surface area (Å²) in [6.45, 7) is 3.78. The summed E-state index contributed by atoms with van der Waals surface area (Å²) in [5.74, 6) is 1.79. The van der Waals surface area contributed by atoms with Crippen LogP contribution in [0.2, 0.25) is 0 Å². The van der Waals surface area contributed by atoms with Gasteiger partial charge in [-0.15, -0.1) is 0 Å². The van der Waals surface area contributed by atoms with E-state index in [4.69, 9.17) is 9.72 Å². The lowest BCUT2D eigenvalue weighted by Gasteiger charge is -2.08. The Bertz CT molecular complexity index is 901. The van der Waals surface area contributed by atoms with Crippen molar-refractivity contribution in [3.05, 3.63) is 59.9 Å². The molecular formula is C22H27N3O2. The van der Waals surface area contributed by atoms with Crippen LogP contribution in [0.1, 0.15) is 42.4 Å². The molecule has 5 nitrogen and oxygen atoms in total. The highest BCUT2D eigenvalue weighted by atomic mass is 16.5. The number of imidazole rings is 1. The van der Waals surface area contributed by atoms with Gasteiger partial charge in [-0.25, -0.2) is 4.98 Å². The summed E-state index contributed by atoms with van der Waals surface area (Å²) in [6, 6.07) is 15.5. The van der Waals surface area contributed by atoms with Gasteiger partial charge in [0.05, 0.1) is 18.1 Å². The Labute approximate surface area is 160 Å². The van der Waals surface area contributed by atoms with E-state index in [1.165, 1.54) is 5.52 Å². The molecule has 0 aliphatic carbocycles. The molecule has 0 atom stereocenters. The zero-order valence-electron chi connectivity index (χ0n) is 16.1. The molecule has 142 valence electrons. The van der Waals surface area contributed by atoms with Crippen molar-refractivity contribution < 1.29 is 9.53 Å². The van der Waals surface area contributed by atoms with Gasteiger partial charge in [0.15, 0.2) is 0 Å². The van der Waals surface area contributed by atoms with Crippen LogP contribution in [0, 0.1) is 0 Å². The number of aryl methyl sites for hydroxylation is 2. The molecule has 5 heteroatoms. The first kappa shape index (κ1) is 19.0. The van der Waals surface area contributed by atoms with Gasteiger partial charge in [0.25, 0.3) is 5.91 Å². The number of aromatic nitrogens is 2. The Balaban J connectivity index is 1.42. The number of para-hydroxylation sites is 2. The zero-order valence-corrected chi connectivity index (χ0v) is 16.1. The van der Waals surface area contributed by atoms with Crippen LogP contribution in [0.15, 0.2) is 48.5 Å². The molecule has 0 fully saturated rings. The maximum absolute atomic E-state index is 12.2. The molecule has 0 spiro atoms. The van der Waals surface area contributed by atoms with E-state index in [1.807, 2.05) is 18.2 Å². The van der Waals surface area contributed by atoms with E-state index in [0.717, 1.165) is 43.6 Å². The van der Waals surface area contributed by atoms with Gasteiger partial charge in [0, 0.05) is 25.1 Å². The number of benzene rings is 2. The normalized spacial score (nSPS) is 10.9. The smallest absolute Gasteiger partial charge is 0.251 e. The number of hydrogen-bond acceptors (Lipinski definition) is 3. The molecular weight excluding hydrogens is 338 g/mol. The van der Waals surface area contributed by atoms with Crippen molar-refractivity contribution in [2.45, 2.75) is 39.2 Å². The topological polar surface area (TPSA) is 56.2 Å². The number of unbranched alkanes of at least 4 members (excludes halogenated alkanes) is 2. The zero-order chi connectivity index (χ0) is 19.1. The molecule has 0 saturated carbocycles. The number of rotatable bonds is 9. The van der Waals surface area contributed by atoms with Gasteiger partial charge in [0.2, 0.25) is 0 Å². The minimum Gasteiger partial charge on any atom is -0.497 e. The number of carbonyl (C=O) groups excluding carboxylic acids is 1. The van der Waals surface area contributed by atoms with Gasteiger partial charge in [-0.05, 0) is 50.1 Å². The molecule has 0 bridgehead atoms. The largest absolute Gasteiger partial charge is 0.497 e. The van der Waals surface area contributed by atoms with Crippen molar-refractivity contribution >= 4 is 16.9 Å². The monoisotopic (exact) mass is 365 g/mol. The molecule has 3 rings (SSSR count). The Morgan fingerprint density at radius 2 is 1.96 bits per heavy atom. The predicted octanol–water partition coefficient (Wildman–Crippen LogP) is 4.21. The number of fused-ring (bicyclic) bond motifs is 1. The highest BCUT2D eigenvalue weighted by Crippen LogP contribution is 2.17. The molecule has 0 aliphatic heterocycles. The van der Waals surface area contributed by atoms with Crippen LogP contribution in [0.3, 0.4) is 0 Å². The first-order valence-corrected chi connectivity index (χ1v) is 9.59. The standard InChI is InChI=1S/C22H27N3O2/c1-3-25-20-13-7-6-12-19(20)24-21(25)14-5-4-8-15-23-22(26)17-10-9-11-18(16-17)27-2/h6-7,9-13,16H,3-5,8,14-15H2,1-2H3,(H,23,26). The van der Waals surface area contributed by atoms with Crippen molar-refractivity contribution in [1.82, 2.24) is 14.9 Å². The van der Waals surface area contributed by atoms with Crippen LogP contribution in [-0.4, -0.2) is 29.1 Å². The molecule has 27 heavy (non-hydrogen) atoms. The van der Waals surface area contributed by atoms with Gasteiger partial charge in [-0.3, -0.25) is 4.79 Å². The average Bonchev–Trinajstić information content (AvgIpc) is 3.07. The number of methoxy groups -OCH3 is 1. The highest BCUT2D eigenvalue weighted by Gasteiger charge is 2.09. The van der Waals surface area contributed by atoms with E-state index in [-0.39, 0.29) is 5.91 Å². The maximum Gasteiger partial charge on any atom is 0.251 e. The van der Waals surface area contributed by atoms with Gasteiger partial charge >= 0.3 is 0 Å². The first-order valence-electron chi connectivity index (χ1n) is 9.59. The fourth-order valence-corrected chi connectivity index (χ4v) is 3.32. The summed E-state index contributed by atoms with van der Waals surface area (Å²) >= 11 is 0. The second-order valence-corrected chi connectivity index (χ2v) is 6.56. The van der Waals surface area contributed by atoms with Crippen molar-refractivity contribution in [2.24, 2.45) is 0 Å². The third-order valence-corrected chi connectivity index (χ3v) is 4.74.